The Bertz CT molecular complexity index is 479. The maximum absolute atomic E-state index is 10.6. The second kappa shape index (κ2) is 7.41. The van der Waals surface area contributed by atoms with E-state index in [2.05, 4.69) is 27.7 Å². The fraction of sp³-hybridized carbons (Fsp3) is 1.00. The Morgan fingerprint density at radius 2 is 1.50 bits per heavy atom. The summed E-state index contributed by atoms with van der Waals surface area (Å²) >= 11 is 0. The van der Waals surface area contributed by atoms with Crippen LogP contribution in [0.4, 0.5) is 0 Å². The fourth-order valence-electron chi connectivity index (χ4n) is 8.42. The van der Waals surface area contributed by atoms with Gasteiger partial charge in [0.25, 0.3) is 0 Å². The molecule has 8 atom stereocenters. The van der Waals surface area contributed by atoms with Crippen LogP contribution in [0.2, 0.25) is 0 Å². The van der Waals surface area contributed by atoms with Crippen LogP contribution in [0.1, 0.15) is 98.3 Å². The highest BCUT2D eigenvalue weighted by atomic mass is 16.3. The lowest BCUT2D eigenvalue weighted by Crippen LogP contribution is -2.38. The van der Waals surface area contributed by atoms with Gasteiger partial charge in [-0.05, 0) is 104 Å². The van der Waals surface area contributed by atoms with Gasteiger partial charge < -0.3 is 5.11 Å². The lowest BCUT2D eigenvalue weighted by Gasteiger charge is -2.46. The molecule has 0 amide bonds. The van der Waals surface area contributed by atoms with Crippen molar-refractivity contribution in [1.29, 1.82) is 0 Å². The first-order chi connectivity index (χ1) is 12.4. The van der Waals surface area contributed by atoms with Crippen LogP contribution in [0.5, 0.6) is 0 Å². The van der Waals surface area contributed by atoms with E-state index in [0.717, 1.165) is 60.2 Å². The van der Waals surface area contributed by atoms with Gasteiger partial charge in [0.05, 0.1) is 6.10 Å². The molecule has 0 aromatic heterocycles. The number of rotatable bonds is 3. The first-order valence-electron chi connectivity index (χ1n) is 12.1. The third kappa shape index (κ3) is 3.40. The van der Waals surface area contributed by atoms with E-state index in [1.807, 2.05) is 0 Å². The molecule has 0 heterocycles. The van der Waals surface area contributed by atoms with Crippen molar-refractivity contribution >= 4 is 0 Å². The Labute approximate surface area is 162 Å². The van der Waals surface area contributed by atoms with Crippen molar-refractivity contribution < 1.29 is 5.11 Å². The largest absolute Gasteiger partial charge is 0.393 e. The van der Waals surface area contributed by atoms with E-state index in [9.17, 15) is 5.11 Å². The fourth-order valence-corrected chi connectivity index (χ4v) is 8.42. The minimum absolute atomic E-state index is 0.0247. The number of fused-ring (bicyclic) bond motifs is 1. The minimum atomic E-state index is -0.0247. The zero-order valence-corrected chi connectivity index (χ0v) is 17.9. The van der Waals surface area contributed by atoms with Gasteiger partial charge in [-0.3, -0.25) is 0 Å². The van der Waals surface area contributed by atoms with Crippen molar-refractivity contribution in [1.82, 2.24) is 0 Å². The Kier molecular flexibility index (Phi) is 5.50. The van der Waals surface area contributed by atoms with Gasteiger partial charge in [0.2, 0.25) is 0 Å². The zero-order chi connectivity index (χ0) is 18.5. The van der Waals surface area contributed by atoms with Crippen molar-refractivity contribution in [2.24, 2.45) is 52.8 Å². The summed E-state index contributed by atoms with van der Waals surface area (Å²) in [5.41, 5.74) is 0.456. The molecule has 0 aromatic rings. The molecule has 4 saturated carbocycles. The summed E-state index contributed by atoms with van der Waals surface area (Å²) in [6.07, 6.45) is 15.3. The molecular weight excluding hydrogens is 316 g/mol. The number of hydrogen-bond donors (Lipinski definition) is 1. The van der Waals surface area contributed by atoms with Crippen LogP contribution in [-0.4, -0.2) is 11.2 Å². The topological polar surface area (TPSA) is 20.2 Å². The molecule has 0 aliphatic heterocycles. The maximum atomic E-state index is 10.6. The highest BCUT2D eigenvalue weighted by Gasteiger charge is 2.53. The van der Waals surface area contributed by atoms with Gasteiger partial charge in [-0.2, -0.15) is 0 Å². The van der Waals surface area contributed by atoms with E-state index in [1.165, 1.54) is 57.8 Å². The Balaban J connectivity index is 1.52. The van der Waals surface area contributed by atoms with Crippen molar-refractivity contribution in [3.8, 4) is 0 Å². The lowest BCUT2D eigenvalue weighted by atomic mass is 9.58. The summed E-state index contributed by atoms with van der Waals surface area (Å²) in [5.74, 6) is 7.40. The summed E-state index contributed by atoms with van der Waals surface area (Å²) in [6.45, 7) is 10.0. The monoisotopic (exact) mass is 360 g/mol. The zero-order valence-electron chi connectivity index (χ0n) is 17.9. The van der Waals surface area contributed by atoms with E-state index in [0.29, 0.717) is 5.41 Å². The molecule has 1 nitrogen and oxygen atoms in total. The van der Waals surface area contributed by atoms with Gasteiger partial charge in [0.1, 0.15) is 0 Å². The Morgan fingerprint density at radius 1 is 0.808 bits per heavy atom. The predicted octanol–water partition coefficient (Wildman–Crippen LogP) is 6.69. The van der Waals surface area contributed by atoms with E-state index >= 15 is 0 Å². The molecule has 1 heteroatoms. The molecule has 26 heavy (non-hydrogen) atoms. The first-order valence-corrected chi connectivity index (χ1v) is 12.1. The Morgan fingerprint density at radius 3 is 2.15 bits per heavy atom. The number of aliphatic hydroxyl groups excluding tert-OH is 1. The molecule has 0 saturated heterocycles. The van der Waals surface area contributed by atoms with Gasteiger partial charge in [-0.25, -0.2) is 0 Å². The second-order valence-electron chi connectivity index (χ2n) is 11.6. The number of aliphatic hydroxyl groups is 1. The highest BCUT2D eigenvalue weighted by molar-refractivity contribution is 5.03. The van der Waals surface area contributed by atoms with E-state index in [-0.39, 0.29) is 6.10 Å². The van der Waals surface area contributed by atoms with Crippen LogP contribution in [0, 0.1) is 52.8 Å². The summed E-state index contributed by atoms with van der Waals surface area (Å²) < 4.78 is 0. The molecule has 150 valence electrons. The third-order valence-corrected chi connectivity index (χ3v) is 10.0. The van der Waals surface area contributed by atoms with Crippen LogP contribution in [0.3, 0.4) is 0 Å². The van der Waals surface area contributed by atoms with Crippen LogP contribution >= 0.6 is 0 Å². The molecule has 0 bridgehead atoms. The van der Waals surface area contributed by atoms with Gasteiger partial charge in [-0.1, -0.05) is 47.0 Å². The van der Waals surface area contributed by atoms with Crippen LogP contribution in [-0.2, 0) is 0 Å². The molecule has 4 aliphatic rings. The Hall–Kier alpha value is -0.0400. The smallest absolute Gasteiger partial charge is 0.0548 e. The van der Waals surface area contributed by atoms with E-state index < -0.39 is 0 Å². The SMILES string of the molecule is CC1CCC(C2(CC3CC4C[C@H](C)CCC4C3C)C[C@@H](O)CC2C)CC1. The average Bonchev–Trinajstić information content (AvgIpc) is 3.05. The van der Waals surface area contributed by atoms with E-state index in [1.54, 1.807) is 0 Å². The molecule has 6 unspecified atom stereocenters. The van der Waals surface area contributed by atoms with Crippen LogP contribution in [0.15, 0.2) is 0 Å². The lowest BCUT2D eigenvalue weighted by molar-refractivity contribution is 0.0231. The quantitative estimate of drug-likeness (QED) is 0.594. The van der Waals surface area contributed by atoms with Crippen molar-refractivity contribution in [2.45, 2.75) is 104 Å². The van der Waals surface area contributed by atoms with Gasteiger partial charge in [0.15, 0.2) is 0 Å². The van der Waals surface area contributed by atoms with Gasteiger partial charge >= 0.3 is 0 Å². The van der Waals surface area contributed by atoms with Crippen molar-refractivity contribution in [3.05, 3.63) is 0 Å². The number of hydrogen-bond acceptors (Lipinski definition) is 1. The highest BCUT2D eigenvalue weighted by Crippen LogP contribution is 2.61. The van der Waals surface area contributed by atoms with E-state index in [4.69, 9.17) is 0 Å². The molecule has 4 rings (SSSR count). The van der Waals surface area contributed by atoms with Gasteiger partial charge in [0, 0.05) is 0 Å². The standard InChI is InChI=1S/C25H44O/c1-16-5-8-22(9-6-16)25(15-23(26)12-18(25)3)14-21-13-20-11-17(2)7-10-24(20)19(21)4/h16-24,26H,5-15H2,1-4H3/t16?,17-,18?,19?,20?,21?,22?,23+,24?,25?/m1/s1. The van der Waals surface area contributed by atoms with Crippen molar-refractivity contribution in [3.63, 3.8) is 0 Å². The van der Waals surface area contributed by atoms with Crippen molar-refractivity contribution in [2.75, 3.05) is 0 Å². The summed E-state index contributed by atoms with van der Waals surface area (Å²) in [6, 6.07) is 0. The summed E-state index contributed by atoms with van der Waals surface area (Å²) in [4.78, 5) is 0. The molecule has 0 aromatic carbocycles. The molecular formula is C25H44O. The maximum Gasteiger partial charge on any atom is 0.0548 e. The molecule has 0 spiro atoms. The molecule has 1 N–H and O–H groups in total. The van der Waals surface area contributed by atoms with Gasteiger partial charge in [-0.15, -0.1) is 0 Å². The third-order valence-electron chi connectivity index (χ3n) is 10.0. The summed E-state index contributed by atoms with van der Waals surface area (Å²) in [7, 11) is 0. The molecule has 0 radical (unpaired) electrons. The molecule has 4 fully saturated rings. The summed E-state index contributed by atoms with van der Waals surface area (Å²) in [5, 5.41) is 10.6. The predicted molar refractivity (Wildman–Crippen MR) is 110 cm³/mol. The average molecular weight is 361 g/mol. The normalized spacial score (nSPS) is 55.0. The first kappa shape index (κ1) is 19.3. The molecule has 4 aliphatic carbocycles. The van der Waals surface area contributed by atoms with Crippen LogP contribution < -0.4 is 0 Å². The second-order valence-corrected chi connectivity index (χ2v) is 11.6. The minimum Gasteiger partial charge on any atom is -0.393 e. The van der Waals surface area contributed by atoms with Crippen LogP contribution in [0.25, 0.3) is 0 Å².